The predicted octanol–water partition coefficient (Wildman–Crippen LogP) is 10.3. The first kappa shape index (κ1) is 49.8. The molecule has 0 saturated heterocycles. The van der Waals surface area contributed by atoms with Gasteiger partial charge < -0.3 is 28.2 Å². The Labute approximate surface area is 418 Å². The van der Waals surface area contributed by atoms with E-state index in [4.69, 9.17) is 9.47 Å². The van der Waals surface area contributed by atoms with E-state index >= 15 is 0 Å². The second-order valence-electron chi connectivity index (χ2n) is 19.6. The van der Waals surface area contributed by atoms with Gasteiger partial charge in [0.15, 0.2) is 47.2 Å². The minimum Gasteiger partial charge on any atom is -0.439 e. The molecule has 0 atom stereocenters. The lowest BCUT2D eigenvalue weighted by Gasteiger charge is -2.33. The Balaban J connectivity index is 0.830. The molecule has 69 heavy (non-hydrogen) atoms. The third-order valence-electron chi connectivity index (χ3n) is 13.3. The summed E-state index contributed by atoms with van der Waals surface area (Å²) in [5, 5.41) is 2.72. The van der Waals surface area contributed by atoms with Crippen molar-refractivity contribution in [3.63, 3.8) is 0 Å². The van der Waals surface area contributed by atoms with Gasteiger partial charge in [-0.2, -0.15) is 9.13 Å². The molecular weight excluding hydrogens is 897 g/mol. The van der Waals surface area contributed by atoms with Crippen LogP contribution in [0.4, 0.5) is 11.4 Å². The maximum atomic E-state index is 11.6. The van der Waals surface area contributed by atoms with Crippen LogP contribution in [0.25, 0.3) is 34.0 Å². The number of rotatable bonds is 22. The van der Waals surface area contributed by atoms with Gasteiger partial charge in [-0.15, -0.1) is 0 Å². The van der Waals surface area contributed by atoms with Crippen LogP contribution in [0.15, 0.2) is 133 Å². The van der Waals surface area contributed by atoms with Gasteiger partial charge in [-0.1, -0.05) is 72.1 Å². The molecular formula is C57H70N6O4S2+4. The fourth-order valence-electron chi connectivity index (χ4n) is 9.67. The van der Waals surface area contributed by atoms with Gasteiger partial charge in [-0.25, -0.2) is 0 Å². The number of quaternary nitrogens is 2. The molecule has 0 amide bonds. The number of carbonyl (C=O) groups excluding carboxylic acids is 2. The van der Waals surface area contributed by atoms with Gasteiger partial charge in [0.05, 0.1) is 89.4 Å². The monoisotopic (exact) mass is 966 g/mol. The highest BCUT2D eigenvalue weighted by molar-refractivity contribution is 8.13. The fraction of sp³-hybridized carbons (Fsp3) is 0.368. The lowest BCUT2D eigenvalue weighted by Crippen LogP contribution is -2.47. The summed E-state index contributed by atoms with van der Waals surface area (Å²) < 4.78 is 19.7. The van der Waals surface area contributed by atoms with Crippen LogP contribution < -0.4 is 28.4 Å². The average molecular weight is 967 g/mol. The van der Waals surface area contributed by atoms with Gasteiger partial charge in [0.1, 0.15) is 0 Å². The first-order valence-electron chi connectivity index (χ1n) is 24.6. The molecule has 4 aromatic carbocycles. The molecule has 2 aliphatic heterocycles. The Morgan fingerprint density at radius 1 is 0.522 bits per heavy atom. The number of hydrogen-bond acceptors (Lipinski definition) is 8. The molecule has 0 unspecified atom stereocenters. The normalized spacial score (nSPS) is 14.7. The molecule has 12 heteroatoms. The summed E-state index contributed by atoms with van der Waals surface area (Å²) in [7, 11) is 9.53. The lowest BCUT2D eigenvalue weighted by molar-refractivity contribution is -0.911. The molecule has 0 saturated carbocycles. The summed E-state index contributed by atoms with van der Waals surface area (Å²) in [6, 6.07) is 38.2. The van der Waals surface area contributed by atoms with E-state index in [1.807, 2.05) is 24.3 Å². The largest absolute Gasteiger partial charge is 0.439 e. The number of carbonyl (C=O) groups is 2. The fourth-order valence-corrected chi connectivity index (χ4v) is 10.8. The molecule has 6 aromatic rings. The molecule has 0 fully saturated rings. The molecule has 8 rings (SSSR count). The smallest absolute Gasteiger partial charge is 0.213 e. The van der Waals surface area contributed by atoms with Crippen molar-refractivity contribution in [3.8, 4) is 11.5 Å². The van der Waals surface area contributed by atoms with E-state index in [-0.39, 0.29) is 10.2 Å². The van der Waals surface area contributed by atoms with Crippen molar-refractivity contribution in [3.05, 3.63) is 144 Å². The number of nitrogens with zero attached hydrogens (tertiary/aromatic N) is 6. The van der Waals surface area contributed by atoms with Crippen molar-refractivity contribution in [2.75, 3.05) is 88.8 Å². The standard InChI is InChI=1S/C57H70N6O4S2/c1-44(64)68-40-17-32-60-52-24-11-13-26-54(52)66-56(60)42-46-28-34-58(50-22-9-7-20-48(46)50)30-15-36-62(3,4)38-19-39-63(5,6)37-16-31-59-35-29-47(49-21-8-10-23-51(49)59)43-57-61(33-18-41-69-45(2)65)53-25-12-14-27-55(53)67-57/h7-14,20-29,34-35,42-43H,15-19,30-33,36-41H2,1-6H3/q+4. The Kier molecular flexibility index (Phi) is 16.5. The van der Waals surface area contributed by atoms with E-state index in [1.54, 1.807) is 13.8 Å². The first-order chi connectivity index (χ1) is 33.3. The predicted molar refractivity (Wildman–Crippen MR) is 286 cm³/mol. The summed E-state index contributed by atoms with van der Waals surface area (Å²) in [5.74, 6) is 4.96. The van der Waals surface area contributed by atoms with Crippen LogP contribution in [0.3, 0.4) is 0 Å². The van der Waals surface area contributed by atoms with Crippen molar-refractivity contribution in [1.29, 1.82) is 0 Å². The maximum absolute atomic E-state index is 11.6. The van der Waals surface area contributed by atoms with Crippen LogP contribution >= 0.6 is 23.5 Å². The second kappa shape index (κ2) is 22.8. The van der Waals surface area contributed by atoms with Crippen LogP contribution in [0.1, 0.15) is 57.1 Å². The second-order valence-corrected chi connectivity index (χ2v) is 22.1. The van der Waals surface area contributed by atoms with Gasteiger partial charge in [-0.05, 0) is 60.4 Å². The van der Waals surface area contributed by atoms with E-state index in [0.717, 1.165) is 144 Å². The zero-order valence-electron chi connectivity index (χ0n) is 41.4. The molecule has 0 N–H and O–H groups in total. The third kappa shape index (κ3) is 13.0. The molecule has 0 aliphatic carbocycles. The van der Waals surface area contributed by atoms with Crippen LogP contribution in [-0.4, -0.2) is 98.2 Å². The van der Waals surface area contributed by atoms with Gasteiger partial charge in [-0.3, -0.25) is 9.59 Å². The van der Waals surface area contributed by atoms with Crippen molar-refractivity contribution in [2.24, 2.45) is 0 Å². The molecule has 0 bridgehead atoms. The Hall–Kier alpha value is -5.66. The highest BCUT2D eigenvalue weighted by atomic mass is 32.2. The number of anilines is 2. The highest BCUT2D eigenvalue weighted by Gasteiger charge is 2.29. The Morgan fingerprint density at radius 3 is 1.35 bits per heavy atom. The third-order valence-corrected chi connectivity index (χ3v) is 15.1. The van der Waals surface area contributed by atoms with Crippen molar-refractivity contribution in [2.45, 2.75) is 59.0 Å². The van der Waals surface area contributed by atoms with Gasteiger partial charge in [0.2, 0.25) is 22.8 Å². The number of aromatic nitrogens is 2. The molecule has 0 radical (unpaired) electrons. The van der Waals surface area contributed by atoms with Crippen LogP contribution in [0.2, 0.25) is 0 Å². The summed E-state index contributed by atoms with van der Waals surface area (Å²) in [4.78, 5) is 27.6. The summed E-state index contributed by atoms with van der Waals surface area (Å²) >= 11 is 2.76. The van der Waals surface area contributed by atoms with Crippen LogP contribution in [-0.2, 0) is 22.7 Å². The van der Waals surface area contributed by atoms with Crippen molar-refractivity contribution >= 4 is 79.1 Å². The molecule has 360 valence electrons. The number of ether oxygens (including phenoxy) is 2. The number of para-hydroxylation sites is 6. The van der Waals surface area contributed by atoms with E-state index in [2.05, 4.69) is 157 Å². The number of benzene rings is 4. The van der Waals surface area contributed by atoms with Crippen LogP contribution in [0.5, 0.6) is 11.5 Å². The van der Waals surface area contributed by atoms with E-state index < -0.39 is 0 Å². The molecule has 4 heterocycles. The number of pyridine rings is 2. The van der Waals surface area contributed by atoms with Crippen molar-refractivity contribution < 1.29 is 37.2 Å². The Bertz CT molecular complexity index is 2650. The van der Waals surface area contributed by atoms with Crippen LogP contribution in [0, 0.1) is 0 Å². The number of thioether (sulfide) groups is 2. The zero-order chi connectivity index (χ0) is 48.4. The lowest BCUT2D eigenvalue weighted by atomic mass is 10.1. The number of aryl methyl sites for hydroxylation is 2. The van der Waals surface area contributed by atoms with Crippen molar-refractivity contribution in [1.82, 2.24) is 0 Å². The molecule has 0 spiro atoms. The van der Waals surface area contributed by atoms with Gasteiger partial charge in [0.25, 0.3) is 0 Å². The Morgan fingerprint density at radius 2 is 0.913 bits per heavy atom. The van der Waals surface area contributed by atoms with Gasteiger partial charge in [0, 0.05) is 81.3 Å². The molecule has 2 aromatic heterocycles. The summed E-state index contributed by atoms with van der Waals surface area (Å²) in [6.07, 6.45) is 13.9. The van der Waals surface area contributed by atoms with E-state index in [0.29, 0.717) is 0 Å². The number of fused-ring (bicyclic) bond motifs is 4. The summed E-state index contributed by atoms with van der Waals surface area (Å²) in [6.45, 7) is 11.2. The topological polar surface area (TPSA) is 66.8 Å². The summed E-state index contributed by atoms with van der Waals surface area (Å²) in [5.41, 5.74) is 6.85. The van der Waals surface area contributed by atoms with E-state index in [9.17, 15) is 9.59 Å². The quantitative estimate of drug-likeness (QED) is 0.0379. The average Bonchev–Trinajstić information content (AvgIpc) is 3.86. The SMILES string of the molecule is CC(=O)SCCCN1/C(=C/c2cc[n+](CCC[N+](C)(C)CCC[N+](C)(C)CCC[n+]3ccc(/C=C4\Oc5ccccc5N4CCCSC(C)=O)c4ccccc43)c3ccccc23)Oc2ccccc21. The zero-order valence-corrected chi connectivity index (χ0v) is 43.1. The minimum absolute atomic E-state index is 0.157. The van der Waals surface area contributed by atoms with Gasteiger partial charge >= 0.3 is 0 Å². The maximum Gasteiger partial charge on any atom is 0.213 e. The highest BCUT2D eigenvalue weighted by Crippen LogP contribution is 2.41. The molecule has 2 aliphatic rings. The number of hydrogen-bond donors (Lipinski definition) is 0. The van der Waals surface area contributed by atoms with E-state index in [1.165, 1.54) is 51.8 Å². The minimum atomic E-state index is 0.157. The first-order valence-corrected chi connectivity index (χ1v) is 26.6. The molecule has 10 nitrogen and oxygen atoms in total.